The van der Waals surface area contributed by atoms with Gasteiger partial charge in [-0.1, -0.05) is 61.3 Å². The summed E-state index contributed by atoms with van der Waals surface area (Å²) < 4.78 is 28.1. The normalized spacial score (nSPS) is 17.5. The van der Waals surface area contributed by atoms with Gasteiger partial charge in [-0.2, -0.15) is 0 Å². The number of ether oxygens (including phenoxy) is 5. The lowest BCUT2D eigenvalue weighted by molar-refractivity contribution is -0.145. The van der Waals surface area contributed by atoms with E-state index in [2.05, 4.69) is 29.3 Å². The van der Waals surface area contributed by atoms with Crippen molar-refractivity contribution in [3.8, 4) is 0 Å². The lowest BCUT2D eigenvalue weighted by Crippen LogP contribution is -2.55. The van der Waals surface area contributed by atoms with Crippen LogP contribution in [0, 0.1) is 17.8 Å². The van der Waals surface area contributed by atoms with E-state index < -0.39 is 30.2 Å². The number of nitrogens with one attached hydrogen (secondary N) is 2. The van der Waals surface area contributed by atoms with E-state index in [9.17, 15) is 19.2 Å². The molecule has 1 aliphatic rings. The first-order chi connectivity index (χ1) is 26.2. The Labute approximate surface area is 332 Å². The fourth-order valence-electron chi connectivity index (χ4n) is 6.95. The molecule has 7 unspecified atom stereocenters. The first kappa shape index (κ1) is 52.6. The minimum absolute atomic E-state index is 0.00138. The summed E-state index contributed by atoms with van der Waals surface area (Å²) in [7, 11) is 8.27. The first-order valence-corrected chi connectivity index (χ1v) is 20.1. The minimum Gasteiger partial charge on any atom is -0.379 e. The average molecular weight is 791 g/mol. The highest BCUT2D eigenvalue weighted by Crippen LogP contribution is 2.29. The second-order valence-electron chi connectivity index (χ2n) is 14.6. The Morgan fingerprint density at radius 2 is 1.42 bits per heavy atom. The Kier molecular flexibility index (Phi) is 29.3. The van der Waals surface area contributed by atoms with Crippen LogP contribution in [-0.4, -0.2) is 170 Å². The number of rotatable bonds is 28. The van der Waals surface area contributed by atoms with Gasteiger partial charge in [-0.15, -0.1) is 0 Å². The molecule has 4 amide bonds. The molecule has 1 aliphatic heterocycles. The van der Waals surface area contributed by atoms with Gasteiger partial charge < -0.3 is 49.0 Å². The van der Waals surface area contributed by atoms with Crippen LogP contribution in [0.4, 0.5) is 0 Å². The molecule has 1 heterocycles. The van der Waals surface area contributed by atoms with E-state index >= 15 is 0 Å². The van der Waals surface area contributed by atoms with Gasteiger partial charge in [0, 0.05) is 41.4 Å². The predicted octanol–water partition coefficient (Wildman–Crippen LogP) is 2.08. The van der Waals surface area contributed by atoms with Crippen molar-refractivity contribution in [1.82, 2.24) is 25.3 Å². The molecule has 55 heavy (non-hydrogen) atoms. The highest BCUT2D eigenvalue weighted by Gasteiger charge is 2.42. The van der Waals surface area contributed by atoms with Gasteiger partial charge in [0.1, 0.15) is 0 Å². The molecule has 0 saturated carbocycles. The molecular formula is C39H78N6O10. The van der Waals surface area contributed by atoms with Crippen molar-refractivity contribution in [3.05, 3.63) is 0 Å². The number of carbonyl (C=O) groups excluding carboxylic acids is 4. The third-order valence-corrected chi connectivity index (χ3v) is 10.0. The zero-order valence-corrected chi connectivity index (χ0v) is 36.2. The smallest absolute Gasteiger partial charge is 0.242 e. The van der Waals surface area contributed by atoms with Gasteiger partial charge in [0.2, 0.25) is 23.6 Å². The number of methoxy groups -OCH3 is 2. The number of amides is 4. The first-order valence-electron chi connectivity index (χ1n) is 20.1. The van der Waals surface area contributed by atoms with E-state index in [4.69, 9.17) is 29.6 Å². The molecule has 0 aromatic carbocycles. The fourth-order valence-corrected chi connectivity index (χ4v) is 6.95. The Morgan fingerprint density at radius 3 is 1.91 bits per heavy atom. The van der Waals surface area contributed by atoms with Crippen LogP contribution in [-0.2, 0) is 47.7 Å². The van der Waals surface area contributed by atoms with Crippen molar-refractivity contribution < 1.29 is 47.7 Å². The Balaban J connectivity index is 0.00000938. The summed E-state index contributed by atoms with van der Waals surface area (Å²) in [5.41, 5.74) is 0. The van der Waals surface area contributed by atoms with E-state index in [0.29, 0.717) is 59.3 Å². The van der Waals surface area contributed by atoms with E-state index in [0.717, 1.165) is 19.3 Å². The summed E-state index contributed by atoms with van der Waals surface area (Å²) in [5, 5.41) is 5.53. The largest absolute Gasteiger partial charge is 0.379 e. The summed E-state index contributed by atoms with van der Waals surface area (Å²) in [6, 6.07) is -1.14. The minimum atomic E-state index is -0.588. The van der Waals surface area contributed by atoms with Gasteiger partial charge in [0.25, 0.3) is 0 Å². The van der Waals surface area contributed by atoms with Crippen molar-refractivity contribution in [1.29, 1.82) is 0 Å². The van der Waals surface area contributed by atoms with Crippen molar-refractivity contribution in [3.63, 3.8) is 0 Å². The molecule has 16 heteroatoms. The van der Waals surface area contributed by atoms with E-state index in [1.54, 1.807) is 45.0 Å². The van der Waals surface area contributed by atoms with Crippen LogP contribution in [0.25, 0.3) is 0 Å². The number of nitrogens with two attached hydrogens (primary N) is 1. The molecule has 0 aromatic heterocycles. The van der Waals surface area contributed by atoms with Gasteiger partial charge >= 0.3 is 0 Å². The van der Waals surface area contributed by atoms with Crippen LogP contribution < -0.4 is 16.5 Å². The molecule has 16 nitrogen and oxygen atoms in total. The van der Waals surface area contributed by atoms with Crippen LogP contribution >= 0.6 is 0 Å². The topological polar surface area (TPSA) is 183 Å². The highest BCUT2D eigenvalue weighted by atomic mass is 16.6. The Bertz CT molecular complexity index is 1060. The molecule has 324 valence electrons. The second-order valence-corrected chi connectivity index (χ2v) is 14.6. The molecule has 0 aromatic rings. The van der Waals surface area contributed by atoms with E-state index in [1.807, 2.05) is 39.6 Å². The van der Waals surface area contributed by atoms with Crippen molar-refractivity contribution >= 4 is 23.6 Å². The molecule has 1 rings (SSSR count). The highest BCUT2D eigenvalue weighted by molar-refractivity contribution is 5.87. The molecule has 0 spiro atoms. The number of likely N-dealkylation sites (tertiary alicyclic amines) is 1. The van der Waals surface area contributed by atoms with Crippen LogP contribution in [0.5, 0.6) is 0 Å². The fraction of sp³-hybridized carbons (Fsp3) is 0.897. The summed E-state index contributed by atoms with van der Waals surface area (Å²) in [5.74, 6) is 3.71. The molecule has 1 fully saturated rings. The Morgan fingerprint density at radius 1 is 0.855 bits per heavy atom. The van der Waals surface area contributed by atoms with Gasteiger partial charge in [-0.3, -0.25) is 24.1 Å². The van der Waals surface area contributed by atoms with E-state index in [1.165, 1.54) is 6.42 Å². The SMILES string of the molecule is CCC.CCC(C)C(C(CC(=O)N1CCCC1C(OC)C(C)C(=O)NC)OC)N(C)C(=O)CNC(=O)C(C(C)C)N(C)CCOCCOCCOCCON. The molecule has 1 saturated heterocycles. The molecule has 0 radical (unpaired) electrons. The molecule has 4 N–H and O–H groups in total. The quantitative estimate of drug-likeness (QED) is 0.0777. The maximum atomic E-state index is 13.8. The zero-order valence-electron chi connectivity index (χ0n) is 36.2. The van der Waals surface area contributed by atoms with Gasteiger partial charge in [0.05, 0.1) is 95.5 Å². The van der Waals surface area contributed by atoms with Crippen molar-refractivity contribution in [2.75, 3.05) is 101 Å². The third-order valence-electron chi connectivity index (χ3n) is 10.0. The lowest BCUT2D eigenvalue weighted by Gasteiger charge is -2.39. The lowest BCUT2D eigenvalue weighted by atomic mass is 9.90. The van der Waals surface area contributed by atoms with Crippen molar-refractivity contribution in [2.45, 2.75) is 111 Å². The average Bonchev–Trinajstić information content (AvgIpc) is 3.65. The number of carbonyl (C=O) groups is 4. The zero-order chi connectivity index (χ0) is 41.9. The summed E-state index contributed by atoms with van der Waals surface area (Å²) in [4.78, 5) is 63.0. The van der Waals surface area contributed by atoms with Crippen molar-refractivity contribution in [2.24, 2.45) is 23.7 Å². The monoisotopic (exact) mass is 791 g/mol. The molecular weight excluding hydrogens is 712 g/mol. The Hall–Kier alpha value is -2.44. The molecule has 0 bridgehead atoms. The predicted molar refractivity (Wildman–Crippen MR) is 213 cm³/mol. The summed E-state index contributed by atoms with van der Waals surface area (Å²) >= 11 is 0. The van der Waals surface area contributed by atoms with Crippen LogP contribution in [0.3, 0.4) is 0 Å². The van der Waals surface area contributed by atoms with E-state index in [-0.39, 0.29) is 54.5 Å². The standard InChI is InChI=1S/C36H70N6O10.C3H8/c1-11-26(4)33(29(47-9)23-30(43)42-14-12-13-28(42)34(48-10)27(5)35(45)38-6)41(8)31(44)24-39-36(46)32(25(2)3)40(7)15-16-49-17-18-50-19-20-51-21-22-52-37;1-3-2/h25-29,32-34H,11-24,37H2,1-10H3,(H,38,45)(H,39,46);3H2,1-2H3. The van der Waals surface area contributed by atoms with Gasteiger partial charge in [-0.05, 0) is 31.7 Å². The molecule has 0 aliphatic carbocycles. The number of nitrogens with zero attached hydrogens (tertiary/aromatic N) is 3. The molecule has 7 atom stereocenters. The number of likely N-dealkylation sites (N-methyl/N-ethyl adjacent to an activating group) is 2. The second kappa shape index (κ2) is 30.7. The summed E-state index contributed by atoms with van der Waals surface area (Å²) in [6.45, 7) is 17.8. The van der Waals surface area contributed by atoms with Crippen LogP contribution in [0.1, 0.15) is 80.6 Å². The van der Waals surface area contributed by atoms with Gasteiger partial charge in [0.15, 0.2) is 0 Å². The maximum absolute atomic E-state index is 13.8. The number of hydrogen-bond donors (Lipinski definition) is 3. The third kappa shape index (κ3) is 19.0. The van der Waals surface area contributed by atoms with Crippen LogP contribution in [0.2, 0.25) is 0 Å². The summed E-state index contributed by atoms with van der Waals surface area (Å²) in [6.07, 6.45) is 2.55. The number of hydrogen-bond acceptors (Lipinski definition) is 12. The maximum Gasteiger partial charge on any atom is 0.242 e. The van der Waals surface area contributed by atoms with Crippen LogP contribution in [0.15, 0.2) is 0 Å². The van der Waals surface area contributed by atoms with Gasteiger partial charge in [-0.25, -0.2) is 5.90 Å².